The van der Waals surface area contributed by atoms with E-state index in [4.69, 9.17) is 5.73 Å². The summed E-state index contributed by atoms with van der Waals surface area (Å²) in [5.74, 6) is 0.832. The van der Waals surface area contributed by atoms with E-state index >= 15 is 0 Å². The molecule has 1 unspecified atom stereocenters. The lowest BCUT2D eigenvalue weighted by Crippen LogP contribution is -2.48. The molecule has 0 aromatic heterocycles. The van der Waals surface area contributed by atoms with Crippen molar-refractivity contribution in [3.8, 4) is 0 Å². The number of hydrogen-bond acceptors (Lipinski definition) is 3. The largest absolute Gasteiger partial charge is 0.394 e. The minimum absolute atomic E-state index is 0.0000175. The molecule has 0 aliphatic heterocycles. The summed E-state index contributed by atoms with van der Waals surface area (Å²) in [4.78, 5) is 0.865. The SMILES string of the molecule is NC(CO)(CSc1cccc(F)c1)C1CC1. The number of rotatable bonds is 5. The third-order valence-electron chi connectivity index (χ3n) is 2.99. The van der Waals surface area contributed by atoms with E-state index in [1.54, 1.807) is 6.07 Å². The number of aliphatic hydroxyl groups excluding tert-OH is 1. The normalized spacial score (nSPS) is 19.4. The fourth-order valence-electron chi connectivity index (χ4n) is 1.73. The lowest BCUT2D eigenvalue weighted by molar-refractivity contribution is 0.194. The van der Waals surface area contributed by atoms with Gasteiger partial charge in [0.05, 0.1) is 12.1 Å². The van der Waals surface area contributed by atoms with Crippen molar-refractivity contribution in [3.05, 3.63) is 30.1 Å². The first-order valence-electron chi connectivity index (χ1n) is 5.42. The van der Waals surface area contributed by atoms with Gasteiger partial charge in [-0.2, -0.15) is 0 Å². The van der Waals surface area contributed by atoms with Gasteiger partial charge in [0.1, 0.15) is 5.82 Å². The Morgan fingerprint density at radius 2 is 2.25 bits per heavy atom. The van der Waals surface area contributed by atoms with Crippen molar-refractivity contribution in [2.45, 2.75) is 23.3 Å². The minimum Gasteiger partial charge on any atom is -0.394 e. The van der Waals surface area contributed by atoms with Crippen LogP contribution in [0.5, 0.6) is 0 Å². The van der Waals surface area contributed by atoms with Gasteiger partial charge < -0.3 is 10.8 Å². The van der Waals surface area contributed by atoms with E-state index in [9.17, 15) is 9.50 Å². The second-order valence-corrected chi connectivity index (χ2v) is 5.46. The molecule has 0 radical (unpaired) electrons. The molecule has 4 heteroatoms. The van der Waals surface area contributed by atoms with Crippen LogP contribution in [0, 0.1) is 11.7 Å². The van der Waals surface area contributed by atoms with E-state index < -0.39 is 5.54 Å². The zero-order valence-corrected chi connectivity index (χ0v) is 9.84. The van der Waals surface area contributed by atoms with E-state index in [1.807, 2.05) is 6.07 Å². The molecular weight excluding hydrogens is 225 g/mol. The second kappa shape index (κ2) is 4.73. The number of nitrogens with two attached hydrogens (primary N) is 1. The van der Waals surface area contributed by atoms with Crippen LogP contribution in [-0.4, -0.2) is 23.0 Å². The molecular formula is C12H16FNOS. The van der Waals surface area contributed by atoms with Gasteiger partial charge in [-0.1, -0.05) is 6.07 Å². The molecule has 2 nitrogen and oxygen atoms in total. The first-order chi connectivity index (χ1) is 7.64. The number of halogens is 1. The van der Waals surface area contributed by atoms with Gasteiger partial charge in [-0.3, -0.25) is 0 Å². The monoisotopic (exact) mass is 241 g/mol. The van der Waals surface area contributed by atoms with E-state index in [0.29, 0.717) is 11.7 Å². The van der Waals surface area contributed by atoms with Crippen LogP contribution in [0.15, 0.2) is 29.2 Å². The molecule has 0 amide bonds. The highest BCUT2D eigenvalue weighted by atomic mass is 32.2. The number of benzene rings is 1. The zero-order chi connectivity index (χ0) is 11.6. The van der Waals surface area contributed by atoms with E-state index in [2.05, 4.69) is 0 Å². The Balaban J connectivity index is 1.95. The van der Waals surface area contributed by atoms with Gasteiger partial charge in [0.15, 0.2) is 0 Å². The Labute approximate surface area is 99.0 Å². The van der Waals surface area contributed by atoms with Gasteiger partial charge >= 0.3 is 0 Å². The maximum atomic E-state index is 12.9. The van der Waals surface area contributed by atoms with Gasteiger partial charge in [-0.25, -0.2) is 4.39 Å². The van der Waals surface area contributed by atoms with Gasteiger partial charge in [-0.05, 0) is 37.0 Å². The number of thioether (sulfide) groups is 1. The summed E-state index contributed by atoms with van der Waals surface area (Å²) in [6.07, 6.45) is 2.20. The van der Waals surface area contributed by atoms with Crippen molar-refractivity contribution < 1.29 is 9.50 Å². The summed E-state index contributed by atoms with van der Waals surface area (Å²) in [5, 5.41) is 9.32. The summed E-state index contributed by atoms with van der Waals surface area (Å²) >= 11 is 1.51. The smallest absolute Gasteiger partial charge is 0.124 e. The summed E-state index contributed by atoms with van der Waals surface area (Å²) in [6, 6.07) is 6.46. The highest BCUT2D eigenvalue weighted by molar-refractivity contribution is 7.99. The van der Waals surface area contributed by atoms with Crippen LogP contribution in [0.25, 0.3) is 0 Å². The maximum Gasteiger partial charge on any atom is 0.124 e. The first kappa shape index (κ1) is 11.9. The third kappa shape index (κ3) is 2.75. The van der Waals surface area contributed by atoms with Crippen LogP contribution < -0.4 is 5.73 Å². The van der Waals surface area contributed by atoms with Crippen LogP contribution in [0.1, 0.15) is 12.8 Å². The lowest BCUT2D eigenvalue weighted by Gasteiger charge is -2.26. The topological polar surface area (TPSA) is 46.2 Å². The molecule has 0 bridgehead atoms. The standard InChI is InChI=1S/C12H16FNOS/c13-10-2-1-3-11(6-10)16-8-12(14,7-15)9-4-5-9/h1-3,6,9,15H,4-5,7-8,14H2. The summed E-state index contributed by atoms with van der Waals surface area (Å²) in [5.41, 5.74) is 5.62. The van der Waals surface area contributed by atoms with Crippen molar-refractivity contribution in [1.82, 2.24) is 0 Å². The fourth-order valence-corrected chi connectivity index (χ4v) is 2.86. The summed E-state index contributed by atoms with van der Waals surface area (Å²) in [6.45, 7) is -0.0000175. The summed E-state index contributed by atoms with van der Waals surface area (Å²) in [7, 11) is 0. The predicted molar refractivity (Wildman–Crippen MR) is 63.9 cm³/mol. The van der Waals surface area contributed by atoms with Crippen molar-refractivity contribution in [2.75, 3.05) is 12.4 Å². The van der Waals surface area contributed by atoms with Gasteiger partial charge in [-0.15, -0.1) is 11.8 Å². The Hall–Kier alpha value is -0.580. The second-order valence-electron chi connectivity index (χ2n) is 4.41. The number of hydrogen-bond donors (Lipinski definition) is 2. The van der Waals surface area contributed by atoms with Gasteiger partial charge in [0, 0.05) is 10.6 Å². The highest BCUT2D eigenvalue weighted by Gasteiger charge is 2.41. The molecule has 1 saturated carbocycles. The third-order valence-corrected chi connectivity index (χ3v) is 4.26. The van der Waals surface area contributed by atoms with Crippen LogP contribution in [0.3, 0.4) is 0 Å². The first-order valence-corrected chi connectivity index (χ1v) is 6.41. The Bertz CT molecular complexity index is 370. The lowest BCUT2D eigenvalue weighted by atomic mass is 9.99. The Kier molecular flexibility index (Phi) is 3.52. The fraction of sp³-hybridized carbons (Fsp3) is 0.500. The molecule has 1 aliphatic carbocycles. The molecule has 0 heterocycles. The van der Waals surface area contributed by atoms with Crippen molar-refractivity contribution in [3.63, 3.8) is 0 Å². The van der Waals surface area contributed by atoms with E-state index in [1.165, 1.54) is 23.9 Å². The molecule has 2 rings (SSSR count). The maximum absolute atomic E-state index is 12.9. The molecule has 3 N–H and O–H groups in total. The van der Waals surface area contributed by atoms with Crippen molar-refractivity contribution >= 4 is 11.8 Å². The Morgan fingerprint density at radius 3 is 2.81 bits per heavy atom. The molecule has 16 heavy (non-hydrogen) atoms. The average molecular weight is 241 g/mol. The van der Waals surface area contributed by atoms with Crippen molar-refractivity contribution in [1.29, 1.82) is 0 Å². The number of aliphatic hydroxyl groups is 1. The summed E-state index contributed by atoms with van der Waals surface area (Å²) < 4.78 is 12.9. The van der Waals surface area contributed by atoms with E-state index in [0.717, 1.165) is 17.7 Å². The Morgan fingerprint density at radius 1 is 1.50 bits per heavy atom. The zero-order valence-electron chi connectivity index (χ0n) is 9.03. The predicted octanol–water partition coefficient (Wildman–Crippen LogP) is 2.02. The molecule has 1 aromatic rings. The molecule has 1 aromatic carbocycles. The molecule has 1 atom stereocenters. The molecule has 0 spiro atoms. The van der Waals surface area contributed by atoms with Gasteiger partial charge in [0.2, 0.25) is 0 Å². The van der Waals surface area contributed by atoms with Crippen LogP contribution in [0.4, 0.5) is 4.39 Å². The quantitative estimate of drug-likeness (QED) is 0.775. The van der Waals surface area contributed by atoms with Crippen LogP contribution >= 0.6 is 11.8 Å². The van der Waals surface area contributed by atoms with Crippen molar-refractivity contribution in [2.24, 2.45) is 11.7 Å². The molecule has 1 aliphatic rings. The minimum atomic E-state index is -0.503. The van der Waals surface area contributed by atoms with E-state index in [-0.39, 0.29) is 12.4 Å². The highest BCUT2D eigenvalue weighted by Crippen LogP contribution is 2.40. The van der Waals surface area contributed by atoms with Gasteiger partial charge in [0.25, 0.3) is 0 Å². The van der Waals surface area contributed by atoms with Crippen LogP contribution in [0.2, 0.25) is 0 Å². The molecule has 1 fully saturated rings. The molecule has 88 valence electrons. The average Bonchev–Trinajstić information content (AvgIpc) is 3.10. The molecule has 0 saturated heterocycles. The van der Waals surface area contributed by atoms with Crippen LogP contribution in [-0.2, 0) is 0 Å².